The maximum absolute atomic E-state index is 12.6. The lowest BCUT2D eigenvalue weighted by atomic mass is 9.93. The second-order valence-corrected chi connectivity index (χ2v) is 6.72. The van der Waals surface area contributed by atoms with Crippen molar-refractivity contribution in [3.8, 4) is 0 Å². The Kier molecular flexibility index (Phi) is 5.08. The van der Waals surface area contributed by atoms with Crippen LogP contribution in [0.1, 0.15) is 45.4 Å². The van der Waals surface area contributed by atoms with Crippen molar-refractivity contribution >= 4 is 11.8 Å². The smallest absolute Gasteiger partial charge is 0.292 e. The number of nitrogens with zero attached hydrogens (tertiary/aromatic N) is 1. The van der Waals surface area contributed by atoms with E-state index in [0.717, 1.165) is 38.6 Å². The van der Waals surface area contributed by atoms with Gasteiger partial charge < -0.3 is 19.7 Å². The van der Waals surface area contributed by atoms with Gasteiger partial charge >= 0.3 is 0 Å². The van der Waals surface area contributed by atoms with E-state index in [-0.39, 0.29) is 11.8 Å². The molecule has 1 aliphatic carbocycles. The molecule has 2 amide bonds. The largest absolute Gasteiger partial charge is 0.491 e. The molecule has 23 heavy (non-hydrogen) atoms. The average Bonchev–Trinajstić information content (AvgIpc) is 3.37. The number of amides is 2. The van der Waals surface area contributed by atoms with Crippen molar-refractivity contribution in [3.63, 3.8) is 0 Å². The van der Waals surface area contributed by atoms with Gasteiger partial charge in [-0.25, -0.2) is 0 Å². The molecule has 0 radical (unpaired) electrons. The van der Waals surface area contributed by atoms with E-state index in [0.29, 0.717) is 49.7 Å². The van der Waals surface area contributed by atoms with Crippen molar-refractivity contribution in [2.24, 2.45) is 5.92 Å². The van der Waals surface area contributed by atoms with Crippen LogP contribution in [0.3, 0.4) is 0 Å². The molecule has 128 valence electrons. The van der Waals surface area contributed by atoms with Gasteiger partial charge in [-0.3, -0.25) is 9.59 Å². The fourth-order valence-electron chi connectivity index (χ4n) is 3.21. The lowest BCUT2D eigenvalue weighted by Gasteiger charge is -2.34. The predicted molar refractivity (Wildman–Crippen MR) is 84.3 cm³/mol. The molecule has 3 aliphatic rings. The highest BCUT2D eigenvalue weighted by atomic mass is 16.6. The second kappa shape index (κ2) is 7.23. The molecular weight excluding hydrogens is 296 g/mol. The van der Waals surface area contributed by atoms with Crippen molar-refractivity contribution in [1.29, 1.82) is 0 Å². The molecule has 0 aromatic carbocycles. The predicted octanol–water partition coefficient (Wildman–Crippen LogP) is 1.56. The van der Waals surface area contributed by atoms with Crippen LogP contribution in [0.15, 0.2) is 11.5 Å². The molecule has 0 bridgehead atoms. The minimum absolute atomic E-state index is 0.0747. The van der Waals surface area contributed by atoms with Gasteiger partial charge in [-0.2, -0.15) is 0 Å². The zero-order valence-electron chi connectivity index (χ0n) is 13.8. The van der Waals surface area contributed by atoms with Gasteiger partial charge in [-0.15, -0.1) is 0 Å². The Morgan fingerprint density at radius 2 is 2.00 bits per heavy atom. The zero-order valence-corrected chi connectivity index (χ0v) is 13.8. The molecular formula is C17H26N2O4. The molecule has 0 unspecified atom stereocenters. The van der Waals surface area contributed by atoms with E-state index in [4.69, 9.17) is 9.47 Å². The molecule has 6 heteroatoms. The third-order valence-corrected chi connectivity index (χ3v) is 4.69. The van der Waals surface area contributed by atoms with Crippen molar-refractivity contribution in [2.75, 3.05) is 26.3 Å². The fraction of sp³-hybridized carbons (Fsp3) is 0.765. The first-order chi connectivity index (χ1) is 11.1. The standard InChI is InChI=1S/C17H26N2O4/c1-12-16(23-10-9-22-12)17(21)19-8-2-3-13(11-19)4-7-15(20)18-14-5-6-14/h13-14H,2-11H2,1H3,(H,18,20)/t13-/m0/s1. The first-order valence-electron chi connectivity index (χ1n) is 8.68. The lowest BCUT2D eigenvalue weighted by Crippen LogP contribution is -2.42. The Bertz CT molecular complexity index is 499. The normalized spacial score (nSPS) is 24.7. The highest BCUT2D eigenvalue weighted by molar-refractivity contribution is 5.92. The molecule has 3 rings (SSSR count). The van der Waals surface area contributed by atoms with Gasteiger partial charge in [0, 0.05) is 25.6 Å². The summed E-state index contributed by atoms with van der Waals surface area (Å²) in [5, 5.41) is 3.02. The maximum atomic E-state index is 12.6. The van der Waals surface area contributed by atoms with Gasteiger partial charge in [0.15, 0.2) is 0 Å². The molecule has 1 saturated carbocycles. The number of hydrogen-bond donors (Lipinski definition) is 1. The van der Waals surface area contributed by atoms with E-state index in [1.165, 1.54) is 0 Å². The minimum atomic E-state index is -0.0747. The first kappa shape index (κ1) is 16.1. The van der Waals surface area contributed by atoms with Gasteiger partial charge in [-0.1, -0.05) is 0 Å². The number of piperidine rings is 1. The van der Waals surface area contributed by atoms with E-state index in [1.807, 2.05) is 4.90 Å². The number of rotatable bonds is 5. The van der Waals surface area contributed by atoms with Gasteiger partial charge in [0.05, 0.1) is 0 Å². The molecule has 0 spiro atoms. The molecule has 6 nitrogen and oxygen atoms in total. The van der Waals surface area contributed by atoms with E-state index < -0.39 is 0 Å². The van der Waals surface area contributed by atoms with Gasteiger partial charge in [-0.05, 0) is 44.9 Å². The monoisotopic (exact) mass is 322 g/mol. The van der Waals surface area contributed by atoms with Crippen LogP contribution >= 0.6 is 0 Å². The third kappa shape index (κ3) is 4.39. The maximum Gasteiger partial charge on any atom is 0.292 e. The summed E-state index contributed by atoms with van der Waals surface area (Å²) in [5.74, 6) is 1.39. The summed E-state index contributed by atoms with van der Waals surface area (Å²) in [6.07, 6.45) is 5.70. The molecule has 2 heterocycles. The van der Waals surface area contributed by atoms with E-state index in [9.17, 15) is 9.59 Å². The molecule has 1 atom stereocenters. The van der Waals surface area contributed by atoms with Crippen LogP contribution in [0.25, 0.3) is 0 Å². The first-order valence-corrected chi connectivity index (χ1v) is 8.68. The van der Waals surface area contributed by atoms with Crippen molar-refractivity contribution < 1.29 is 19.1 Å². The molecule has 0 aromatic heterocycles. The van der Waals surface area contributed by atoms with Gasteiger partial charge in [0.25, 0.3) is 5.91 Å². The summed E-state index contributed by atoms with van der Waals surface area (Å²) < 4.78 is 10.9. The number of carbonyl (C=O) groups excluding carboxylic acids is 2. The van der Waals surface area contributed by atoms with E-state index in [1.54, 1.807) is 6.92 Å². The summed E-state index contributed by atoms with van der Waals surface area (Å²) >= 11 is 0. The molecule has 2 aliphatic heterocycles. The van der Waals surface area contributed by atoms with Crippen molar-refractivity contribution in [1.82, 2.24) is 10.2 Å². The van der Waals surface area contributed by atoms with Crippen LogP contribution < -0.4 is 5.32 Å². The SMILES string of the molecule is CC1=C(C(=O)N2CCC[C@@H](CCC(=O)NC3CC3)C2)OCCO1. The van der Waals surface area contributed by atoms with Crippen molar-refractivity contribution in [3.05, 3.63) is 11.5 Å². The van der Waals surface area contributed by atoms with E-state index >= 15 is 0 Å². The topological polar surface area (TPSA) is 67.9 Å². The number of ether oxygens (including phenoxy) is 2. The Morgan fingerprint density at radius 1 is 1.22 bits per heavy atom. The third-order valence-electron chi connectivity index (χ3n) is 4.69. The molecule has 1 N–H and O–H groups in total. The number of hydrogen-bond acceptors (Lipinski definition) is 4. The van der Waals surface area contributed by atoms with Crippen LogP contribution in [0, 0.1) is 5.92 Å². The number of carbonyl (C=O) groups is 2. The summed E-state index contributed by atoms with van der Waals surface area (Å²) in [4.78, 5) is 26.2. The summed E-state index contributed by atoms with van der Waals surface area (Å²) in [7, 11) is 0. The number of allylic oxidation sites excluding steroid dienone is 1. The highest BCUT2D eigenvalue weighted by Crippen LogP contribution is 2.25. The molecule has 2 fully saturated rings. The van der Waals surface area contributed by atoms with Crippen LogP contribution in [-0.4, -0.2) is 49.1 Å². The van der Waals surface area contributed by atoms with Crippen LogP contribution in [-0.2, 0) is 19.1 Å². The fourth-order valence-corrected chi connectivity index (χ4v) is 3.21. The second-order valence-electron chi connectivity index (χ2n) is 6.72. The summed E-state index contributed by atoms with van der Waals surface area (Å²) in [5.41, 5.74) is 0. The van der Waals surface area contributed by atoms with Gasteiger partial charge in [0.1, 0.15) is 19.0 Å². The lowest BCUT2D eigenvalue weighted by molar-refractivity contribution is -0.134. The summed E-state index contributed by atoms with van der Waals surface area (Å²) in [6.45, 7) is 4.16. The number of nitrogens with one attached hydrogen (secondary N) is 1. The Labute approximate surface area is 137 Å². The Balaban J connectivity index is 1.49. The van der Waals surface area contributed by atoms with Crippen LogP contribution in [0.4, 0.5) is 0 Å². The average molecular weight is 322 g/mol. The molecule has 0 aromatic rings. The van der Waals surface area contributed by atoms with Crippen LogP contribution in [0.5, 0.6) is 0 Å². The Morgan fingerprint density at radius 3 is 2.74 bits per heavy atom. The van der Waals surface area contributed by atoms with E-state index in [2.05, 4.69) is 5.32 Å². The summed E-state index contributed by atoms with van der Waals surface area (Å²) in [6, 6.07) is 0.422. The highest BCUT2D eigenvalue weighted by Gasteiger charge is 2.30. The van der Waals surface area contributed by atoms with Gasteiger partial charge in [0.2, 0.25) is 11.7 Å². The van der Waals surface area contributed by atoms with Crippen molar-refractivity contribution in [2.45, 2.75) is 51.5 Å². The quantitative estimate of drug-likeness (QED) is 0.834. The van der Waals surface area contributed by atoms with Crippen LogP contribution in [0.2, 0.25) is 0 Å². The minimum Gasteiger partial charge on any atom is -0.491 e. The zero-order chi connectivity index (χ0) is 16.2. The number of likely N-dealkylation sites (tertiary alicyclic amines) is 1. The Hall–Kier alpha value is -1.72. The molecule has 1 saturated heterocycles.